The van der Waals surface area contributed by atoms with Crippen molar-refractivity contribution in [2.24, 2.45) is 0 Å². The number of thiazole rings is 1. The Bertz CT molecular complexity index is 536. The molecule has 0 amide bonds. The summed E-state index contributed by atoms with van der Waals surface area (Å²) in [6.45, 7) is 8.29. The zero-order chi connectivity index (χ0) is 13.3. The van der Waals surface area contributed by atoms with Crippen LogP contribution in [0.1, 0.15) is 32.2 Å². The third kappa shape index (κ3) is 2.95. The lowest BCUT2D eigenvalue weighted by Gasteiger charge is -2.14. The number of hydrogen-bond acceptors (Lipinski definition) is 6. The van der Waals surface area contributed by atoms with Gasteiger partial charge in [-0.25, -0.2) is 9.97 Å². The van der Waals surface area contributed by atoms with E-state index in [1.807, 2.05) is 13.0 Å². The van der Waals surface area contributed by atoms with Crippen molar-refractivity contribution in [3.8, 4) is 0 Å². The Morgan fingerprint density at radius 2 is 1.94 bits per heavy atom. The van der Waals surface area contributed by atoms with Gasteiger partial charge in [0.25, 0.3) is 0 Å². The quantitative estimate of drug-likeness (QED) is 0.871. The molecule has 0 atom stereocenters. The van der Waals surface area contributed by atoms with Gasteiger partial charge < -0.3 is 11.1 Å². The minimum Gasteiger partial charge on any atom is -0.368 e. The molecule has 2 aromatic heterocycles. The number of hydrogen-bond donors (Lipinski definition) is 2. The van der Waals surface area contributed by atoms with Crippen molar-refractivity contribution < 1.29 is 0 Å². The lowest BCUT2D eigenvalue weighted by Crippen LogP contribution is -2.11. The second-order valence-corrected chi connectivity index (χ2v) is 6.02. The highest BCUT2D eigenvalue weighted by Crippen LogP contribution is 2.27. The summed E-state index contributed by atoms with van der Waals surface area (Å²) in [6.07, 6.45) is 0. The molecule has 0 spiro atoms. The fourth-order valence-corrected chi connectivity index (χ4v) is 2.38. The maximum atomic E-state index is 5.61. The first-order chi connectivity index (χ1) is 8.34. The number of nitrogens with zero attached hydrogens (tertiary/aromatic N) is 3. The Labute approximate surface area is 111 Å². The Kier molecular flexibility index (Phi) is 3.21. The zero-order valence-corrected chi connectivity index (χ0v) is 11.8. The van der Waals surface area contributed by atoms with E-state index in [1.54, 1.807) is 11.3 Å². The number of nitrogens with two attached hydrogens (primary N) is 1. The van der Waals surface area contributed by atoms with E-state index in [-0.39, 0.29) is 11.4 Å². The van der Waals surface area contributed by atoms with E-state index >= 15 is 0 Å². The molecule has 0 radical (unpaired) electrons. The van der Waals surface area contributed by atoms with Crippen LogP contribution in [0, 0.1) is 6.92 Å². The smallest absolute Gasteiger partial charge is 0.222 e. The van der Waals surface area contributed by atoms with E-state index in [0.29, 0.717) is 5.82 Å². The summed E-state index contributed by atoms with van der Waals surface area (Å²) in [4.78, 5) is 12.7. The minimum absolute atomic E-state index is 0.0526. The molecule has 0 bridgehead atoms. The van der Waals surface area contributed by atoms with Gasteiger partial charge in [0.05, 0.1) is 5.69 Å². The summed E-state index contributed by atoms with van der Waals surface area (Å²) in [7, 11) is 0. The average molecular weight is 263 g/mol. The number of aryl methyl sites for hydroxylation is 1. The summed E-state index contributed by atoms with van der Waals surface area (Å²) in [5.74, 6) is 0.944. The van der Waals surface area contributed by atoms with Crippen LogP contribution < -0.4 is 11.1 Å². The maximum absolute atomic E-state index is 5.61. The number of anilines is 3. The monoisotopic (exact) mass is 263 g/mol. The van der Waals surface area contributed by atoms with Gasteiger partial charge in [-0.05, 0) is 6.92 Å². The molecule has 3 N–H and O–H groups in total. The van der Waals surface area contributed by atoms with Crippen LogP contribution in [0.4, 0.5) is 16.9 Å². The highest BCUT2D eigenvalue weighted by molar-refractivity contribution is 7.13. The number of aromatic nitrogens is 3. The zero-order valence-electron chi connectivity index (χ0n) is 11.0. The number of nitrogens with one attached hydrogen (secondary N) is 1. The Hall–Kier alpha value is -1.69. The third-order valence-electron chi connectivity index (χ3n) is 2.38. The summed E-state index contributed by atoms with van der Waals surface area (Å²) in [6, 6.07) is 1.84. The van der Waals surface area contributed by atoms with Crippen LogP contribution in [-0.2, 0) is 5.41 Å². The predicted octanol–water partition coefficient (Wildman–Crippen LogP) is 2.86. The van der Waals surface area contributed by atoms with E-state index in [4.69, 9.17) is 5.73 Å². The van der Waals surface area contributed by atoms with Crippen molar-refractivity contribution >= 4 is 28.2 Å². The van der Waals surface area contributed by atoms with Gasteiger partial charge in [0.15, 0.2) is 5.13 Å². The molecule has 0 saturated carbocycles. The van der Waals surface area contributed by atoms with Crippen LogP contribution in [0.2, 0.25) is 0 Å². The molecule has 0 aromatic carbocycles. The Balaban J connectivity index is 2.21. The van der Waals surface area contributed by atoms with Crippen LogP contribution in [-0.4, -0.2) is 15.0 Å². The van der Waals surface area contributed by atoms with Crippen molar-refractivity contribution in [2.75, 3.05) is 11.1 Å². The lowest BCUT2D eigenvalue weighted by atomic mass is 9.93. The first kappa shape index (κ1) is 12.8. The van der Waals surface area contributed by atoms with Gasteiger partial charge >= 0.3 is 0 Å². The van der Waals surface area contributed by atoms with Crippen LogP contribution >= 0.6 is 11.3 Å². The Morgan fingerprint density at radius 3 is 2.50 bits per heavy atom. The molecule has 0 fully saturated rings. The molecule has 2 aromatic rings. The van der Waals surface area contributed by atoms with Gasteiger partial charge in [-0.15, -0.1) is 11.3 Å². The van der Waals surface area contributed by atoms with Crippen molar-refractivity contribution in [2.45, 2.75) is 33.1 Å². The van der Waals surface area contributed by atoms with Gasteiger partial charge in [0.1, 0.15) is 5.82 Å². The molecule has 96 valence electrons. The first-order valence-corrected chi connectivity index (χ1v) is 6.57. The highest BCUT2D eigenvalue weighted by atomic mass is 32.1. The van der Waals surface area contributed by atoms with Crippen LogP contribution in [0.3, 0.4) is 0 Å². The molecule has 0 aliphatic heterocycles. The van der Waals surface area contributed by atoms with Crippen LogP contribution in [0.5, 0.6) is 0 Å². The summed E-state index contributed by atoms with van der Waals surface area (Å²) < 4.78 is 0. The summed E-state index contributed by atoms with van der Waals surface area (Å²) in [5, 5.41) is 6.03. The molecule has 0 aliphatic carbocycles. The molecule has 6 heteroatoms. The molecule has 0 aliphatic rings. The second-order valence-electron chi connectivity index (χ2n) is 5.17. The standard InChI is InChI=1S/C12H17N5S/c1-7-5-9(16-10(13)14-7)17-11-15-8(6-18-11)12(2,3)4/h5-6H,1-4H3,(H3,13,14,15,16,17). The molecule has 2 rings (SSSR count). The normalized spacial score (nSPS) is 11.6. The van der Waals surface area contributed by atoms with Crippen molar-refractivity contribution in [1.82, 2.24) is 15.0 Å². The van der Waals surface area contributed by atoms with Gasteiger partial charge in [-0.1, -0.05) is 20.8 Å². The van der Waals surface area contributed by atoms with Gasteiger partial charge in [-0.3, -0.25) is 0 Å². The summed E-state index contributed by atoms with van der Waals surface area (Å²) in [5.41, 5.74) is 7.56. The fourth-order valence-electron chi connectivity index (χ4n) is 1.44. The molecule has 2 heterocycles. The molecule has 18 heavy (non-hydrogen) atoms. The SMILES string of the molecule is Cc1cc(Nc2nc(C(C)(C)C)cs2)nc(N)n1. The van der Waals surface area contributed by atoms with E-state index in [9.17, 15) is 0 Å². The molecule has 0 saturated heterocycles. The third-order valence-corrected chi connectivity index (χ3v) is 3.14. The fraction of sp³-hybridized carbons (Fsp3) is 0.417. The van der Waals surface area contributed by atoms with E-state index in [0.717, 1.165) is 16.5 Å². The number of nitrogen functional groups attached to an aromatic ring is 1. The van der Waals surface area contributed by atoms with E-state index < -0.39 is 0 Å². The van der Waals surface area contributed by atoms with Gasteiger partial charge in [0, 0.05) is 22.6 Å². The molecule has 5 nitrogen and oxygen atoms in total. The lowest BCUT2D eigenvalue weighted by molar-refractivity contribution is 0.573. The number of rotatable bonds is 2. The average Bonchev–Trinajstić information content (AvgIpc) is 2.63. The second kappa shape index (κ2) is 4.53. The minimum atomic E-state index is 0.0526. The van der Waals surface area contributed by atoms with Crippen molar-refractivity contribution in [3.63, 3.8) is 0 Å². The summed E-state index contributed by atoms with van der Waals surface area (Å²) >= 11 is 1.56. The Morgan fingerprint density at radius 1 is 1.22 bits per heavy atom. The van der Waals surface area contributed by atoms with Gasteiger partial charge in [-0.2, -0.15) is 4.98 Å². The van der Waals surface area contributed by atoms with Crippen molar-refractivity contribution in [1.29, 1.82) is 0 Å². The molecular formula is C12H17N5S. The topological polar surface area (TPSA) is 76.7 Å². The largest absolute Gasteiger partial charge is 0.368 e. The van der Waals surface area contributed by atoms with E-state index in [1.165, 1.54) is 0 Å². The van der Waals surface area contributed by atoms with Gasteiger partial charge in [0.2, 0.25) is 5.95 Å². The van der Waals surface area contributed by atoms with Crippen LogP contribution in [0.15, 0.2) is 11.4 Å². The van der Waals surface area contributed by atoms with E-state index in [2.05, 4.69) is 46.4 Å². The van der Waals surface area contributed by atoms with Crippen molar-refractivity contribution in [3.05, 3.63) is 22.8 Å². The molecule has 0 unspecified atom stereocenters. The highest BCUT2D eigenvalue weighted by Gasteiger charge is 2.17. The maximum Gasteiger partial charge on any atom is 0.222 e. The first-order valence-electron chi connectivity index (χ1n) is 5.69. The molecular weight excluding hydrogens is 246 g/mol. The predicted molar refractivity (Wildman–Crippen MR) is 75.3 cm³/mol. The van der Waals surface area contributed by atoms with Crippen LogP contribution in [0.25, 0.3) is 0 Å².